The highest BCUT2D eigenvalue weighted by Crippen LogP contribution is 2.49. The van der Waals surface area contributed by atoms with E-state index in [9.17, 15) is 0 Å². The molecule has 0 saturated heterocycles. The predicted octanol–water partition coefficient (Wildman–Crippen LogP) is 16.0. The zero-order valence-corrected chi connectivity index (χ0v) is 55.8. The number of nitrogens with zero attached hydrogens (tertiary/aromatic N) is 6. The topological polar surface area (TPSA) is 55.0 Å². The molecule has 0 saturated carbocycles. The number of para-hydroxylation sites is 9. The van der Waals surface area contributed by atoms with E-state index in [4.69, 9.17) is 9.47 Å². The SMILES string of the molecule is CSN1c2cc3c(cc2B2c4ccccc4Oc4cc(-n5c6ccccc6c6ccccc65)cc1c42)B1c2cc4c(cc2Oc2cc(-n5c6ccccc6c6ccccc65)cc(c21)N3SC)Nc1cc(-n2c3ccccc3c3ccccc32)cc2c1B4c1ccccc1N2c1ccccc1. The Morgan fingerprint density at radius 3 is 1.20 bits per heavy atom. The van der Waals surface area contributed by atoms with E-state index >= 15 is 0 Å². The second-order valence-corrected chi connectivity index (χ2v) is 28.5. The van der Waals surface area contributed by atoms with Gasteiger partial charge in [-0.15, -0.1) is 0 Å². The molecule has 14 aromatic carbocycles. The number of hydrogen-bond acceptors (Lipinski definition) is 8. The third-order valence-corrected chi connectivity index (χ3v) is 23.8. The molecule has 100 heavy (non-hydrogen) atoms. The van der Waals surface area contributed by atoms with Gasteiger partial charge in [0.1, 0.15) is 23.0 Å². The molecular weight excluding hydrogens is 1260 g/mol. The molecule has 0 atom stereocenters. The van der Waals surface area contributed by atoms with Crippen molar-refractivity contribution in [3.8, 4) is 40.1 Å². The van der Waals surface area contributed by atoms with E-state index < -0.39 is 0 Å². The third kappa shape index (κ3) is 7.32. The largest absolute Gasteiger partial charge is 0.458 e. The van der Waals surface area contributed by atoms with Crippen LogP contribution in [-0.2, 0) is 0 Å². The molecule has 466 valence electrons. The maximum atomic E-state index is 7.75. The number of nitrogens with one attached hydrogen (secondary N) is 1. The second-order valence-electron chi connectivity index (χ2n) is 27.1. The molecule has 0 radical (unpaired) electrons. The van der Waals surface area contributed by atoms with E-state index in [1.165, 1.54) is 65.1 Å². The van der Waals surface area contributed by atoms with Crippen LogP contribution in [-0.4, -0.2) is 46.4 Å². The van der Waals surface area contributed by atoms with Gasteiger partial charge in [0.2, 0.25) is 0 Å². The number of aromatic nitrogens is 3. The molecule has 0 bridgehead atoms. The van der Waals surface area contributed by atoms with Gasteiger partial charge in [0.25, 0.3) is 20.1 Å². The van der Waals surface area contributed by atoms with Crippen molar-refractivity contribution in [3.63, 3.8) is 0 Å². The van der Waals surface area contributed by atoms with Gasteiger partial charge in [0, 0.05) is 103 Å². The predicted molar refractivity (Wildman–Crippen MR) is 425 cm³/mol. The molecule has 9 nitrogen and oxygen atoms in total. The van der Waals surface area contributed by atoms with Gasteiger partial charge in [-0.3, -0.25) is 8.61 Å². The molecule has 1 N–H and O–H groups in total. The summed E-state index contributed by atoms with van der Waals surface area (Å²) in [5.74, 6) is 3.42. The van der Waals surface area contributed by atoms with E-state index in [0.717, 1.165) is 141 Å². The fourth-order valence-corrected chi connectivity index (χ4v) is 19.8. The Hall–Kier alpha value is -11.8. The van der Waals surface area contributed by atoms with Gasteiger partial charge in [-0.2, -0.15) is 0 Å². The molecule has 6 aliphatic rings. The lowest BCUT2D eigenvalue weighted by atomic mass is 9.29. The highest BCUT2D eigenvalue weighted by molar-refractivity contribution is 8.00. The number of benzene rings is 14. The van der Waals surface area contributed by atoms with Gasteiger partial charge in [-0.05, 0) is 164 Å². The molecule has 23 rings (SSSR count). The molecule has 0 unspecified atom stereocenters. The molecule has 3 aromatic heterocycles. The first-order chi connectivity index (χ1) is 49.5. The van der Waals surface area contributed by atoms with Crippen LogP contribution in [0.1, 0.15) is 0 Å². The summed E-state index contributed by atoms with van der Waals surface area (Å²) >= 11 is 3.50. The smallest absolute Gasteiger partial charge is 0.256 e. The first kappa shape index (κ1) is 55.2. The Kier molecular flexibility index (Phi) is 11.3. The zero-order chi connectivity index (χ0) is 65.3. The minimum atomic E-state index is -0.246. The third-order valence-electron chi connectivity index (χ3n) is 22.3. The summed E-state index contributed by atoms with van der Waals surface area (Å²) in [4.78, 5) is 2.49. The minimum Gasteiger partial charge on any atom is -0.458 e. The van der Waals surface area contributed by atoms with Crippen molar-refractivity contribution in [1.29, 1.82) is 0 Å². The normalized spacial score (nSPS) is 13.9. The van der Waals surface area contributed by atoms with Crippen LogP contribution >= 0.6 is 23.9 Å². The van der Waals surface area contributed by atoms with Crippen LogP contribution in [0.4, 0.5) is 51.2 Å². The summed E-state index contributed by atoms with van der Waals surface area (Å²) in [7, 11) is 0. The van der Waals surface area contributed by atoms with Crippen LogP contribution in [0, 0.1) is 0 Å². The zero-order valence-electron chi connectivity index (χ0n) is 54.2. The highest BCUT2D eigenvalue weighted by Gasteiger charge is 2.49. The second kappa shape index (κ2) is 20.4. The van der Waals surface area contributed by atoms with Crippen LogP contribution in [0.3, 0.4) is 0 Å². The Morgan fingerprint density at radius 2 is 0.680 bits per heavy atom. The first-order valence-corrected chi connectivity index (χ1v) is 36.6. The minimum absolute atomic E-state index is 0.140. The van der Waals surface area contributed by atoms with Crippen molar-refractivity contribution in [2.24, 2.45) is 0 Å². The summed E-state index contributed by atoms with van der Waals surface area (Å²) in [6, 6.07) is 106. The summed E-state index contributed by atoms with van der Waals surface area (Å²) < 4.78 is 27.3. The lowest BCUT2D eigenvalue weighted by molar-refractivity contribution is 0.487. The van der Waals surface area contributed by atoms with Crippen LogP contribution in [0.5, 0.6) is 23.0 Å². The monoisotopic (exact) mass is 1310 g/mol. The lowest BCUT2D eigenvalue weighted by Gasteiger charge is -2.44. The molecular formula is C86H54B3N7O2S2. The molecule has 17 aromatic rings. The van der Waals surface area contributed by atoms with E-state index in [1.54, 1.807) is 23.9 Å². The summed E-state index contributed by atoms with van der Waals surface area (Å²) in [5.41, 5.74) is 30.9. The van der Waals surface area contributed by atoms with Crippen molar-refractivity contribution in [2.75, 3.05) is 31.3 Å². The van der Waals surface area contributed by atoms with Gasteiger partial charge >= 0.3 is 0 Å². The maximum Gasteiger partial charge on any atom is 0.256 e. The number of ether oxygens (including phenoxy) is 2. The van der Waals surface area contributed by atoms with Crippen LogP contribution < -0.4 is 77.5 Å². The standard InChI is InChI=1S/C86H54B3N7O2S2/c1-99-95-75-49-76-64(47-63(75)88-61-31-13-21-39-80(61)97-82-44-52(42-78(95)85(82)88)93-70-34-16-8-26-56(70)57-27-9-17-35-71(57)93)89-65-46-62-66(48-81(65)98-83-45-53(43-79(86(83)89)96(76)100-2)94-72-36-18-10-28-58(72)59-29-11-19-37-73(59)94)90-67-40-51(92-68-32-14-6-24-54(68)55-25-7-15-33-69(55)92)41-77-84(67)87(62)60-30-12-20-38-74(60)91(77)50-22-4-3-5-23-50/h3-49,90H,1-2H3. The van der Waals surface area contributed by atoms with Gasteiger partial charge in [-0.25, -0.2) is 0 Å². The van der Waals surface area contributed by atoms with Gasteiger partial charge < -0.3 is 33.4 Å². The number of fused-ring (bicyclic) bond motifs is 21. The van der Waals surface area contributed by atoms with E-state index in [2.05, 4.69) is 330 Å². The van der Waals surface area contributed by atoms with Crippen molar-refractivity contribution in [3.05, 3.63) is 285 Å². The number of hydrogen-bond donors (Lipinski definition) is 1. The maximum absolute atomic E-state index is 7.75. The van der Waals surface area contributed by atoms with Gasteiger partial charge in [-0.1, -0.05) is 176 Å². The van der Waals surface area contributed by atoms with Crippen LogP contribution in [0.2, 0.25) is 0 Å². The Morgan fingerprint density at radius 1 is 0.270 bits per heavy atom. The quantitative estimate of drug-likeness (QED) is 0.131. The Bertz CT molecular complexity index is 6360. The van der Waals surface area contributed by atoms with E-state index in [0.29, 0.717) is 0 Å². The summed E-state index contributed by atoms with van der Waals surface area (Å²) in [6.45, 7) is -0.531. The molecule has 0 amide bonds. The average Bonchev–Trinajstić information content (AvgIpc) is 0.877. The van der Waals surface area contributed by atoms with E-state index in [1.807, 2.05) is 0 Å². The lowest BCUT2D eigenvalue weighted by Crippen LogP contribution is -2.65. The van der Waals surface area contributed by atoms with Crippen molar-refractivity contribution in [2.45, 2.75) is 0 Å². The van der Waals surface area contributed by atoms with Crippen LogP contribution in [0.25, 0.3) is 82.5 Å². The number of anilines is 9. The summed E-state index contributed by atoms with van der Waals surface area (Å²) in [5, 5.41) is 11.5. The molecule has 0 aliphatic carbocycles. The van der Waals surface area contributed by atoms with Gasteiger partial charge in [0.05, 0.1) is 61.5 Å². The molecule has 0 spiro atoms. The van der Waals surface area contributed by atoms with E-state index in [-0.39, 0.29) is 20.1 Å². The Labute approximate surface area is 585 Å². The van der Waals surface area contributed by atoms with Gasteiger partial charge in [0.15, 0.2) is 0 Å². The summed E-state index contributed by atoms with van der Waals surface area (Å²) in [6.07, 6.45) is 4.44. The fraction of sp³-hybridized carbons (Fsp3) is 0.0233. The first-order valence-electron chi connectivity index (χ1n) is 34.2. The highest BCUT2D eigenvalue weighted by atomic mass is 32.2. The fourth-order valence-electron chi connectivity index (χ4n) is 18.4. The Balaban J connectivity index is 0.777. The molecule has 9 heterocycles. The van der Waals surface area contributed by atoms with Crippen molar-refractivity contribution in [1.82, 2.24) is 13.7 Å². The number of rotatable bonds is 6. The van der Waals surface area contributed by atoms with Crippen LogP contribution in [0.15, 0.2) is 285 Å². The van der Waals surface area contributed by atoms with Crippen molar-refractivity contribution >= 4 is 210 Å². The molecule has 14 heteroatoms. The average molecular weight is 1310 g/mol. The molecule has 0 fully saturated rings. The molecule has 6 aliphatic heterocycles. The van der Waals surface area contributed by atoms with Crippen molar-refractivity contribution < 1.29 is 9.47 Å².